The Morgan fingerprint density at radius 3 is 2.71 bits per heavy atom. The molecule has 2 heterocycles. The van der Waals surface area contributed by atoms with Gasteiger partial charge in [-0.05, 0) is 22.9 Å². The summed E-state index contributed by atoms with van der Waals surface area (Å²) in [6, 6.07) is 20.8. The molecular formula is C20H15N3O. The van der Waals surface area contributed by atoms with Crippen LogP contribution in [0.1, 0.15) is 12.0 Å². The smallest absolute Gasteiger partial charge is 0.141 e. The Kier molecular flexibility index (Phi) is 2.73. The Bertz CT molecular complexity index is 1120. The third-order valence-corrected chi connectivity index (χ3v) is 4.78. The second-order valence-electron chi connectivity index (χ2n) is 6.12. The minimum absolute atomic E-state index is 0.708. The van der Waals surface area contributed by atoms with Gasteiger partial charge in [-0.15, -0.1) is 0 Å². The van der Waals surface area contributed by atoms with E-state index >= 15 is 0 Å². The van der Waals surface area contributed by atoms with Gasteiger partial charge in [0.1, 0.15) is 5.82 Å². The summed E-state index contributed by atoms with van der Waals surface area (Å²) in [4.78, 5) is 4.86. The molecule has 1 aromatic heterocycles. The van der Waals surface area contributed by atoms with Gasteiger partial charge < -0.3 is 9.77 Å². The molecule has 0 spiro atoms. The van der Waals surface area contributed by atoms with Crippen LogP contribution in [0.25, 0.3) is 33.2 Å². The third kappa shape index (κ3) is 1.80. The summed E-state index contributed by atoms with van der Waals surface area (Å²) in [6.45, 7) is 0.773. The highest BCUT2D eigenvalue weighted by Crippen LogP contribution is 2.32. The van der Waals surface area contributed by atoms with Crippen LogP contribution in [-0.2, 0) is 6.54 Å². The van der Waals surface area contributed by atoms with Crippen LogP contribution in [0.4, 0.5) is 0 Å². The molecule has 0 radical (unpaired) electrons. The Morgan fingerprint density at radius 2 is 1.83 bits per heavy atom. The number of rotatable bonds is 1. The molecule has 3 aromatic carbocycles. The first-order chi connectivity index (χ1) is 11.8. The summed E-state index contributed by atoms with van der Waals surface area (Å²) < 4.78 is 2.24. The molecule has 0 unspecified atom stereocenters. The van der Waals surface area contributed by atoms with E-state index in [1.54, 1.807) is 0 Å². The van der Waals surface area contributed by atoms with Crippen LogP contribution in [0.15, 0.2) is 65.8 Å². The second kappa shape index (κ2) is 4.93. The number of imidazole rings is 1. The quantitative estimate of drug-likeness (QED) is 0.417. The molecule has 0 atom stereocenters. The summed E-state index contributed by atoms with van der Waals surface area (Å²) >= 11 is 0. The highest BCUT2D eigenvalue weighted by Gasteiger charge is 2.22. The van der Waals surface area contributed by atoms with Gasteiger partial charge in [0.15, 0.2) is 0 Å². The minimum Gasteiger partial charge on any atom is -0.411 e. The summed E-state index contributed by atoms with van der Waals surface area (Å²) in [5.74, 6) is 0.972. The van der Waals surface area contributed by atoms with Crippen LogP contribution in [-0.4, -0.2) is 20.5 Å². The lowest BCUT2D eigenvalue weighted by molar-refractivity contribution is 0.317. The zero-order valence-corrected chi connectivity index (χ0v) is 13.0. The van der Waals surface area contributed by atoms with Gasteiger partial charge in [-0.2, -0.15) is 0 Å². The monoisotopic (exact) mass is 313 g/mol. The van der Waals surface area contributed by atoms with Gasteiger partial charge in [-0.3, -0.25) is 0 Å². The largest absolute Gasteiger partial charge is 0.411 e. The van der Waals surface area contributed by atoms with E-state index in [0.717, 1.165) is 40.2 Å². The highest BCUT2D eigenvalue weighted by molar-refractivity contribution is 6.11. The fourth-order valence-electron chi connectivity index (χ4n) is 3.64. The van der Waals surface area contributed by atoms with Crippen molar-refractivity contribution < 1.29 is 5.21 Å². The van der Waals surface area contributed by atoms with Gasteiger partial charge in [0.2, 0.25) is 0 Å². The number of nitrogens with zero attached hydrogens (tertiary/aromatic N) is 3. The molecule has 0 saturated carbocycles. The van der Waals surface area contributed by atoms with Crippen molar-refractivity contribution >= 4 is 27.5 Å². The third-order valence-electron chi connectivity index (χ3n) is 4.78. The molecule has 1 aliphatic heterocycles. The first kappa shape index (κ1) is 13.3. The van der Waals surface area contributed by atoms with Crippen molar-refractivity contribution in [3.05, 3.63) is 66.2 Å². The van der Waals surface area contributed by atoms with E-state index in [0.29, 0.717) is 6.42 Å². The number of aromatic nitrogens is 2. The Labute approximate surface area is 138 Å². The number of hydrogen-bond donors (Lipinski definition) is 1. The topological polar surface area (TPSA) is 50.4 Å². The summed E-state index contributed by atoms with van der Waals surface area (Å²) in [5.41, 5.74) is 4.82. The van der Waals surface area contributed by atoms with Crippen LogP contribution in [0, 0.1) is 0 Å². The van der Waals surface area contributed by atoms with E-state index in [-0.39, 0.29) is 0 Å². The molecule has 0 saturated heterocycles. The lowest BCUT2D eigenvalue weighted by Crippen LogP contribution is -2.15. The summed E-state index contributed by atoms with van der Waals surface area (Å²) in [7, 11) is 0. The summed E-state index contributed by atoms with van der Waals surface area (Å²) in [5, 5.41) is 15.2. The maximum Gasteiger partial charge on any atom is 0.141 e. The molecule has 0 fully saturated rings. The van der Waals surface area contributed by atoms with Crippen molar-refractivity contribution in [3.63, 3.8) is 0 Å². The van der Waals surface area contributed by atoms with Crippen LogP contribution < -0.4 is 0 Å². The molecule has 0 bridgehead atoms. The van der Waals surface area contributed by atoms with Crippen molar-refractivity contribution in [1.29, 1.82) is 0 Å². The van der Waals surface area contributed by atoms with Gasteiger partial charge in [-0.25, -0.2) is 4.98 Å². The van der Waals surface area contributed by atoms with E-state index < -0.39 is 0 Å². The standard InChI is InChI=1S/C20H15N3O/c24-22-17-10-11-23-19-16(17)6-3-7-18(19)21-20(23)15-9-8-13-4-1-2-5-14(13)12-15/h1-9,12,24H,10-11H2. The number of benzene rings is 3. The molecule has 116 valence electrons. The molecule has 5 rings (SSSR count). The molecular weight excluding hydrogens is 298 g/mol. The van der Waals surface area contributed by atoms with E-state index in [1.165, 1.54) is 10.8 Å². The lowest BCUT2D eigenvalue weighted by atomic mass is 10.0. The number of para-hydroxylation sites is 1. The zero-order chi connectivity index (χ0) is 16.1. The second-order valence-corrected chi connectivity index (χ2v) is 6.12. The zero-order valence-electron chi connectivity index (χ0n) is 13.0. The van der Waals surface area contributed by atoms with Crippen molar-refractivity contribution in [1.82, 2.24) is 9.55 Å². The Hall–Kier alpha value is -3.14. The average molecular weight is 313 g/mol. The van der Waals surface area contributed by atoms with Crippen molar-refractivity contribution in [2.24, 2.45) is 5.16 Å². The van der Waals surface area contributed by atoms with Gasteiger partial charge in [0.05, 0.1) is 16.7 Å². The molecule has 4 aromatic rings. The van der Waals surface area contributed by atoms with Gasteiger partial charge in [0, 0.05) is 24.1 Å². The molecule has 1 aliphatic rings. The molecule has 0 amide bonds. The van der Waals surface area contributed by atoms with Crippen LogP contribution in [0.3, 0.4) is 0 Å². The number of aryl methyl sites for hydroxylation is 1. The summed E-state index contributed by atoms with van der Waals surface area (Å²) in [6.07, 6.45) is 0.708. The molecule has 4 heteroatoms. The molecule has 24 heavy (non-hydrogen) atoms. The van der Waals surface area contributed by atoms with Crippen molar-refractivity contribution in [2.45, 2.75) is 13.0 Å². The maximum absolute atomic E-state index is 9.27. The first-order valence-corrected chi connectivity index (χ1v) is 8.05. The first-order valence-electron chi connectivity index (χ1n) is 8.05. The van der Waals surface area contributed by atoms with Crippen molar-refractivity contribution in [3.8, 4) is 11.4 Å². The fraction of sp³-hybridized carbons (Fsp3) is 0.100. The van der Waals surface area contributed by atoms with E-state index in [1.807, 2.05) is 18.2 Å². The van der Waals surface area contributed by atoms with Gasteiger partial charge >= 0.3 is 0 Å². The van der Waals surface area contributed by atoms with Gasteiger partial charge in [-0.1, -0.05) is 53.7 Å². The predicted molar refractivity (Wildman–Crippen MR) is 95.6 cm³/mol. The highest BCUT2D eigenvalue weighted by atomic mass is 16.4. The van der Waals surface area contributed by atoms with Gasteiger partial charge in [0.25, 0.3) is 0 Å². The Morgan fingerprint density at radius 1 is 0.958 bits per heavy atom. The maximum atomic E-state index is 9.27. The van der Waals surface area contributed by atoms with E-state index in [9.17, 15) is 5.21 Å². The minimum atomic E-state index is 0.708. The van der Waals surface area contributed by atoms with Crippen LogP contribution >= 0.6 is 0 Å². The van der Waals surface area contributed by atoms with Crippen LogP contribution in [0.5, 0.6) is 0 Å². The number of hydrogen-bond acceptors (Lipinski definition) is 3. The SMILES string of the molecule is ON=C1CCn2c(-c3ccc4ccccc4c3)nc3cccc1c32. The Balaban J connectivity index is 1.80. The normalized spacial score (nSPS) is 15.4. The molecule has 4 nitrogen and oxygen atoms in total. The van der Waals surface area contributed by atoms with E-state index in [2.05, 4.69) is 52.2 Å². The molecule has 0 aliphatic carbocycles. The number of fused-ring (bicyclic) bond motifs is 1. The number of oxime groups is 1. The predicted octanol–water partition coefficient (Wildman–Crippen LogP) is 4.44. The van der Waals surface area contributed by atoms with E-state index in [4.69, 9.17) is 4.98 Å². The fourth-order valence-corrected chi connectivity index (χ4v) is 3.64. The van der Waals surface area contributed by atoms with Crippen molar-refractivity contribution in [2.75, 3.05) is 0 Å². The lowest BCUT2D eigenvalue weighted by Gasteiger charge is -2.17. The average Bonchev–Trinajstić information content (AvgIpc) is 3.02. The molecule has 1 N–H and O–H groups in total. The van der Waals surface area contributed by atoms with Crippen LogP contribution in [0.2, 0.25) is 0 Å².